The first-order chi connectivity index (χ1) is 13.0. The Morgan fingerprint density at radius 2 is 1.96 bits per heavy atom. The molecule has 2 aliphatic rings. The van der Waals surface area contributed by atoms with Crippen LogP contribution in [0.3, 0.4) is 0 Å². The molecule has 152 valence electrons. The highest BCUT2D eigenvalue weighted by molar-refractivity contribution is 5.80. The van der Waals surface area contributed by atoms with E-state index in [1.54, 1.807) is 0 Å². The largest absolute Gasteiger partial charge is 0.355 e. The van der Waals surface area contributed by atoms with Gasteiger partial charge in [-0.1, -0.05) is 26.7 Å². The van der Waals surface area contributed by atoms with E-state index in [4.69, 9.17) is 4.99 Å². The van der Waals surface area contributed by atoms with Crippen molar-refractivity contribution >= 4 is 5.96 Å². The van der Waals surface area contributed by atoms with Crippen molar-refractivity contribution in [3.63, 3.8) is 0 Å². The lowest BCUT2D eigenvalue weighted by Gasteiger charge is -2.27. The molecule has 0 unspecified atom stereocenters. The zero-order valence-corrected chi connectivity index (χ0v) is 17.5. The maximum atomic E-state index is 4.83. The standard InChI is InChI=1S/C20H37N7/c1-15(2)14-27-11-7-10-18(27)12-21-20(23-17-8-5-6-9-17)22-13-19-25-24-16(3)26(19)4/h15,17-18H,5-14H2,1-4H3,(H2,21,22,23)/t18-/m1/s1. The number of guanidine groups is 1. The zero-order chi connectivity index (χ0) is 19.2. The summed E-state index contributed by atoms with van der Waals surface area (Å²) in [4.78, 5) is 7.47. The van der Waals surface area contributed by atoms with Crippen molar-refractivity contribution in [2.45, 2.75) is 77.9 Å². The Morgan fingerprint density at radius 1 is 1.19 bits per heavy atom. The van der Waals surface area contributed by atoms with Gasteiger partial charge in [0.1, 0.15) is 12.4 Å². The van der Waals surface area contributed by atoms with Crippen molar-refractivity contribution in [3.8, 4) is 0 Å². The fraction of sp³-hybridized carbons (Fsp3) is 0.850. The Kier molecular flexibility index (Phi) is 7.10. The predicted octanol–water partition coefficient (Wildman–Crippen LogP) is 2.22. The molecular weight excluding hydrogens is 338 g/mol. The van der Waals surface area contributed by atoms with Crippen LogP contribution < -0.4 is 10.6 Å². The fourth-order valence-corrected chi connectivity index (χ4v) is 4.20. The predicted molar refractivity (Wildman–Crippen MR) is 110 cm³/mol. The van der Waals surface area contributed by atoms with Gasteiger partial charge < -0.3 is 15.2 Å². The summed E-state index contributed by atoms with van der Waals surface area (Å²) in [6.07, 6.45) is 7.70. The van der Waals surface area contributed by atoms with Gasteiger partial charge in [0.05, 0.1) is 0 Å². The number of likely N-dealkylation sites (tertiary alicyclic amines) is 1. The quantitative estimate of drug-likeness (QED) is 0.565. The van der Waals surface area contributed by atoms with Gasteiger partial charge in [-0.25, -0.2) is 4.99 Å². The summed E-state index contributed by atoms with van der Waals surface area (Å²) in [5, 5.41) is 15.7. The van der Waals surface area contributed by atoms with E-state index < -0.39 is 0 Å². The summed E-state index contributed by atoms with van der Waals surface area (Å²) in [7, 11) is 2.00. The first-order valence-corrected chi connectivity index (χ1v) is 10.7. The van der Waals surface area contributed by atoms with Gasteiger partial charge in [0.25, 0.3) is 0 Å². The molecule has 0 radical (unpaired) electrons. The van der Waals surface area contributed by atoms with Gasteiger partial charge in [-0.3, -0.25) is 4.90 Å². The lowest BCUT2D eigenvalue weighted by Crippen LogP contribution is -2.47. The Bertz CT molecular complexity index is 616. The van der Waals surface area contributed by atoms with Crippen LogP contribution in [0, 0.1) is 12.8 Å². The number of nitrogens with one attached hydrogen (secondary N) is 2. The highest BCUT2D eigenvalue weighted by Crippen LogP contribution is 2.19. The molecule has 27 heavy (non-hydrogen) atoms. The lowest BCUT2D eigenvalue weighted by atomic mass is 10.1. The summed E-state index contributed by atoms with van der Waals surface area (Å²) < 4.78 is 2.01. The van der Waals surface area contributed by atoms with Crippen LogP contribution in [-0.4, -0.2) is 57.3 Å². The van der Waals surface area contributed by atoms with E-state index in [1.807, 2.05) is 18.5 Å². The number of nitrogens with zero attached hydrogens (tertiary/aromatic N) is 5. The van der Waals surface area contributed by atoms with Gasteiger partial charge in [0.2, 0.25) is 0 Å². The maximum absolute atomic E-state index is 4.83. The molecule has 7 heteroatoms. The summed E-state index contributed by atoms with van der Waals surface area (Å²) in [6, 6.07) is 1.16. The molecule has 2 fully saturated rings. The maximum Gasteiger partial charge on any atom is 0.191 e. The third kappa shape index (κ3) is 5.67. The second-order valence-corrected chi connectivity index (χ2v) is 8.58. The normalized spacial score (nSPS) is 22.1. The second kappa shape index (κ2) is 9.53. The number of aliphatic imine (C=N–C) groups is 1. The van der Waals surface area contributed by atoms with Gasteiger partial charge in [-0.2, -0.15) is 0 Å². The lowest BCUT2D eigenvalue weighted by molar-refractivity contribution is 0.226. The van der Waals surface area contributed by atoms with Crippen LogP contribution in [0.25, 0.3) is 0 Å². The molecule has 7 nitrogen and oxygen atoms in total. The van der Waals surface area contributed by atoms with Crippen molar-refractivity contribution < 1.29 is 0 Å². The van der Waals surface area contributed by atoms with Gasteiger partial charge >= 0.3 is 0 Å². The highest BCUT2D eigenvalue weighted by Gasteiger charge is 2.25. The van der Waals surface area contributed by atoms with Crippen LogP contribution in [0.1, 0.15) is 64.0 Å². The molecule has 0 spiro atoms. The minimum atomic E-state index is 0.549. The van der Waals surface area contributed by atoms with E-state index in [-0.39, 0.29) is 0 Å². The number of rotatable bonds is 7. The number of hydrogen-bond acceptors (Lipinski definition) is 4. The Morgan fingerprint density at radius 3 is 2.63 bits per heavy atom. The van der Waals surface area contributed by atoms with Crippen LogP contribution >= 0.6 is 0 Å². The molecule has 1 aromatic rings. The molecule has 3 rings (SSSR count). The SMILES string of the molecule is Cc1nnc(CN=C(NC[C@H]2CCCN2CC(C)C)NC2CCCC2)n1C. The third-order valence-electron chi connectivity index (χ3n) is 5.86. The third-order valence-corrected chi connectivity index (χ3v) is 5.86. The highest BCUT2D eigenvalue weighted by atomic mass is 15.3. The van der Waals surface area contributed by atoms with Gasteiger partial charge in [-0.15, -0.1) is 10.2 Å². The van der Waals surface area contributed by atoms with Crippen molar-refractivity contribution in [1.29, 1.82) is 0 Å². The van der Waals surface area contributed by atoms with Gasteiger partial charge in [0.15, 0.2) is 11.8 Å². The molecule has 2 heterocycles. The Hall–Kier alpha value is -1.63. The van der Waals surface area contributed by atoms with E-state index >= 15 is 0 Å². The summed E-state index contributed by atoms with van der Waals surface area (Å²) in [5.74, 6) is 3.48. The average molecular weight is 376 g/mol. The Balaban J connectivity index is 1.60. The van der Waals surface area contributed by atoms with E-state index in [9.17, 15) is 0 Å². The van der Waals surface area contributed by atoms with E-state index in [2.05, 4.69) is 39.6 Å². The molecule has 1 aromatic heterocycles. The van der Waals surface area contributed by atoms with Crippen LogP contribution in [0.5, 0.6) is 0 Å². The van der Waals surface area contributed by atoms with E-state index in [0.717, 1.165) is 30.1 Å². The molecule has 2 N–H and O–H groups in total. The molecule has 0 aromatic carbocycles. The molecule has 0 amide bonds. The number of aromatic nitrogens is 3. The van der Waals surface area contributed by atoms with Crippen molar-refractivity contribution in [3.05, 3.63) is 11.6 Å². The average Bonchev–Trinajstić information content (AvgIpc) is 3.35. The molecule has 1 saturated heterocycles. The van der Waals surface area contributed by atoms with Crippen LogP contribution in [0.2, 0.25) is 0 Å². The number of aryl methyl sites for hydroxylation is 1. The van der Waals surface area contributed by atoms with E-state index in [0.29, 0.717) is 18.6 Å². The smallest absolute Gasteiger partial charge is 0.191 e. The van der Waals surface area contributed by atoms with Gasteiger partial charge in [-0.05, 0) is 45.1 Å². The van der Waals surface area contributed by atoms with Crippen LogP contribution in [-0.2, 0) is 13.6 Å². The zero-order valence-electron chi connectivity index (χ0n) is 17.5. The van der Waals surface area contributed by atoms with Crippen LogP contribution in [0.4, 0.5) is 0 Å². The van der Waals surface area contributed by atoms with E-state index in [1.165, 1.54) is 51.6 Å². The topological polar surface area (TPSA) is 70.4 Å². The molecule has 1 atom stereocenters. The van der Waals surface area contributed by atoms with Crippen molar-refractivity contribution in [2.75, 3.05) is 19.6 Å². The monoisotopic (exact) mass is 375 g/mol. The second-order valence-electron chi connectivity index (χ2n) is 8.58. The minimum absolute atomic E-state index is 0.549. The van der Waals surface area contributed by atoms with Gasteiger partial charge in [0, 0.05) is 32.2 Å². The minimum Gasteiger partial charge on any atom is -0.355 e. The molecule has 1 aliphatic heterocycles. The summed E-state index contributed by atoms with van der Waals surface area (Å²) in [5.41, 5.74) is 0. The molecule has 0 bridgehead atoms. The fourth-order valence-electron chi connectivity index (χ4n) is 4.20. The molecule has 1 aliphatic carbocycles. The van der Waals surface area contributed by atoms with Crippen molar-refractivity contribution in [2.24, 2.45) is 18.0 Å². The van der Waals surface area contributed by atoms with Crippen molar-refractivity contribution in [1.82, 2.24) is 30.3 Å². The molecule has 1 saturated carbocycles. The Labute approximate surface area is 164 Å². The van der Waals surface area contributed by atoms with Crippen LogP contribution in [0.15, 0.2) is 4.99 Å². The first kappa shape index (κ1) is 20.1. The number of hydrogen-bond donors (Lipinski definition) is 2. The summed E-state index contributed by atoms with van der Waals surface area (Å²) >= 11 is 0. The summed E-state index contributed by atoms with van der Waals surface area (Å²) in [6.45, 7) is 10.5. The first-order valence-electron chi connectivity index (χ1n) is 10.7. The molecular formula is C20H37N7.